The summed E-state index contributed by atoms with van der Waals surface area (Å²) in [4.78, 5) is 22.4. The van der Waals surface area contributed by atoms with Crippen LogP contribution in [0.5, 0.6) is 0 Å². The highest BCUT2D eigenvalue weighted by molar-refractivity contribution is 7.10. The van der Waals surface area contributed by atoms with Crippen LogP contribution >= 0.6 is 11.3 Å². The number of hydrogen-bond donors (Lipinski definition) is 1. The number of carbonyl (C=O) groups excluding carboxylic acids is 1. The number of nitrogens with zero attached hydrogens (tertiary/aromatic N) is 5. The van der Waals surface area contributed by atoms with Crippen molar-refractivity contribution in [3.8, 4) is 0 Å². The molecular weight excluding hydrogens is 396 g/mol. The Balaban J connectivity index is 1.27. The van der Waals surface area contributed by atoms with Gasteiger partial charge in [-0.05, 0) is 61.5 Å². The number of aromatic nitrogens is 3. The van der Waals surface area contributed by atoms with E-state index in [2.05, 4.69) is 43.8 Å². The third-order valence-electron chi connectivity index (χ3n) is 5.29. The van der Waals surface area contributed by atoms with Crippen LogP contribution < -0.4 is 10.2 Å². The minimum Gasteiger partial charge on any atom is -0.352 e. The van der Waals surface area contributed by atoms with E-state index >= 15 is 0 Å². The Morgan fingerprint density at radius 1 is 1.03 bits per heavy atom. The Kier molecular flexibility index (Phi) is 6.23. The number of carbonyl (C=O) groups is 1. The number of rotatable bonds is 6. The molecule has 0 aromatic carbocycles. The number of thiophene rings is 1. The molecule has 30 heavy (non-hydrogen) atoms. The van der Waals surface area contributed by atoms with E-state index in [9.17, 15) is 4.79 Å². The number of anilines is 3. The summed E-state index contributed by atoms with van der Waals surface area (Å²) in [5.74, 6) is 2.48. The molecule has 1 aliphatic heterocycles. The molecule has 1 aliphatic rings. The minimum atomic E-state index is 0.235. The van der Waals surface area contributed by atoms with Gasteiger partial charge in [-0.3, -0.25) is 4.79 Å². The SMILES string of the molecule is Cc1cccc(Nc2ccc(N3CCN(C(=O)CCc4sccc4C)CC3)nn2)n1. The van der Waals surface area contributed by atoms with E-state index < -0.39 is 0 Å². The van der Waals surface area contributed by atoms with Crippen molar-refractivity contribution in [2.75, 3.05) is 36.4 Å². The van der Waals surface area contributed by atoms with E-state index in [1.807, 2.05) is 42.2 Å². The van der Waals surface area contributed by atoms with Crippen LogP contribution in [0.4, 0.5) is 17.5 Å². The maximum Gasteiger partial charge on any atom is 0.223 e. The number of amides is 1. The average molecular weight is 423 g/mol. The van der Waals surface area contributed by atoms with Gasteiger partial charge in [0, 0.05) is 43.2 Å². The number of pyridine rings is 1. The van der Waals surface area contributed by atoms with Crippen LogP contribution in [0.3, 0.4) is 0 Å². The van der Waals surface area contributed by atoms with E-state index in [0.717, 1.165) is 49.9 Å². The number of aryl methyl sites for hydroxylation is 3. The third-order valence-corrected chi connectivity index (χ3v) is 6.37. The van der Waals surface area contributed by atoms with Crippen molar-refractivity contribution in [1.29, 1.82) is 0 Å². The highest BCUT2D eigenvalue weighted by Gasteiger charge is 2.22. The minimum absolute atomic E-state index is 0.235. The van der Waals surface area contributed by atoms with E-state index in [1.54, 1.807) is 11.3 Å². The molecule has 1 amide bonds. The maximum atomic E-state index is 12.6. The second-order valence-corrected chi connectivity index (χ2v) is 8.46. The zero-order valence-corrected chi connectivity index (χ0v) is 18.2. The Bertz CT molecular complexity index is 995. The van der Waals surface area contributed by atoms with Gasteiger partial charge in [0.25, 0.3) is 0 Å². The van der Waals surface area contributed by atoms with Crippen LogP contribution in [-0.4, -0.2) is 52.2 Å². The van der Waals surface area contributed by atoms with Gasteiger partial charge in [0.2, 0.25) is 5.91 Å². The molecule has 0 aliphatic carbocycles. The van der Waals surface area contributed by atoms with Crippen LogP contribution in [0.15, 0.2) is 41.8 Å². The van der Waals surface area contributed by atoms with Crippen molar-refractivity contribution in [2.24, 2.45) is 0 Å². The molecule has 4 heterocycles. The lowest BCUT2D eigenvalue weighted by atomic mass is 10.2. The number of nitrogens with one attached hydrogen (secondary N) is 1. The lowest BCUT2D eigenvalue weighted by molar-refractivity contribution is -0.131. The Morgan fingerprint density at radius 2 is 1.87 bits per heavy atom. The molecule has 0 atom stereocenters. The fourth-order valence-electron chi connectivity index (χ4n) is 3.53. The van der Waals surface area contributed by atoms with Crippen molar-refractivity contribution in [3.63, 3.8) is 0 Å². The first-order chi connectivity index (χ1) is 14.6. The summed E-state index contributed by atoms with van der Waals surface area (Å²) < 4.78 is 0. The zero-order chi connectivity index (χ0) is 20.9. The van der Waals surface area contributed by atoms with Crippen molar-refractivity contribution in [1.82, 2.24) is 20.1 Å². The summed E-state index contributed by atoms with van der Waals surface area (Å²) in [7, 11) is 0. The highest BCUT2D eigenvalue weighted by atomic mass is 32.1. The first kappa shape index (κ1) is 20.3. The molecule has 156 valence electrons. The molecule has 0 spiro atoms. The summed E-state index contributed by atoms with van der Waals surface area (Å²) in [5, 5.41) is 13.9. The molecule has 3 aromatic heterocycles. The predicted molar refractivity (Wildman–Crippen MR) is 120 cm³/mol. The van der Waals surface area contributed by atoms with Crippen molar-refractivity contribution in [2.45, 2.75) is 26.7 Å². The van der Waals surface area contributed by atoms with Gasteiger partial charge in [0.05, 0.1) is 0 Å². The lowest BCUT2D eigenvalue weighted by Gasteiger charge is -2.35. The highest BCUT2D eigenvalue weighted by Crippen LogP contribution is 2.19. The summed E-state index contributed by atoms with van der Waals surface area (Å²) >= 11 is 1.73. The summed E-state index contributed by atoms with van der Waals surface area (Å²) in [6.45, 7) is 7.03. The van der Waals surface area contributed by atoms with Gasteiger partial charge in [0.15, 0.2) is 11.6 Å². The fourth-order valence-corrected chi connectivity index (χ4v) is 4.44. The second kappa shape index (κ2) is 9.21. The topological polar surface area (TPSA) is 74.2 Å². The Morgan fingerprint density at radius 3 is 2.53 bits per heavy atom. The molecular formula is C22H26N6OS. The van der Waals surface area contributed by atoms with Crippen LogP contribution in [-0.2, 0) is 11.2 Å². The normalized spacial score (nSPS) is 14.1. The third kappa shape index (κ3) is 4.94. The zero-order valence-electron chi connectivity index (χ0n) is 17.3. The monoisotopic (exact) mass is 422 g/mol. The van der Waals surface area contributed by atoms with Gasteiger partial charge in [-0.2, -0.15) is 0 Å². The van der Waals surface area contributed by atoms with Crippen LogP contribution in [0.2, 0.25) is 0 Å². The van der Waals surface area contributed by atoms with Gasteiger partial charge in [0.1, 0.15) is 5.82 Å². The fraction of sp³-hybridized carbons (Fsp3) is 0.364. The largest absolute Gasteiger partial charge is 0.352 e. The molecule has 0 unspecified atom stereocenters. The molecule has 0 saturated carbocycles. The van der Waals surface area contributed by atoms with Gasteiger partial charge in [-0.25, -0.2) is 4.98 Å². The van der Waals surface area contributed by atoms with Gasteiger partial charge >= 0.3 is 0 Å². The second-order valence-electron chi connectivity index (χ2n) is 7.46. The van der Waals surface area contributed by atoms with Gasteiger partial charge in [-0.15, -0.1) is 21.5 Å². The molecule has 7 nitrogen and oxygen atoms in total. The van der Waals surface area contributed by atoms with E-state index in [4.69, 9.17) is 0 Å². The van der Waals surface area contributed by atoms with E-state index in [1.165, 1.54) is 10.4 Å². The molecule has 1 fully saturated rings. The molecule has 1 saturated heterocycles. The summed E-state index contributed by atoms with van der Waals surface area (Å²) in [5.41, 5.74) is 2.23. The van der Waals surface area contributed by atoms with Gasteiger partial charge < -0.3 is 15.1 Å². The lowest BCUT2D eigenvalue weighted by Crippen LogP contribution is -2.49. The first-order valence-electron chi connectivity index (χ1n) is 10.2. The Labute approximate surface area is 180 Å². The summed E-state index contributed by atoms with van der Waals surface area (Å²) in [6.07, 6.45) is 1.41. The molecule has 0 bridgehead atoms. The van der Waals surface area contributed by atoms with Crippen molar-refractivity contribution >= 4 is 34.7 Å². The van der Waals surface area contributed by atoms with Crippen LogP contribution in [0, 0.1) is 13.8 Å². The average Bonchev–Trinajstić information content (AvgIpc) is 3.17. The molecule has 0 radical (unpaired) electrons. The molecule has 3 aromatic rings. The maximum absolute atomic E-state index is 12.6. The standard InChI is InChI=1S/C22H26N6OS/c1-16-10-15-30-18(16)6-9-22(29)28-13-11-27(12-14-28)21-8-7-20(25-26-21)24-19-5-3-4-17(2)23-19/h3-5,7-8,10,15H,6,9,11-14H2,1-2H3,(H,23,24,25). The summed E-state index contributed by atoms with van der Waals surface area (Å²) in [6, 6.07) is 11.8. The molecule has 4 rings (SSSR count). The van der Waals surface area contributed by atoms with Crippen molar-refractivity contribution < 1.29 is 4.79 Å². The first-order valence-corrected chi connectivity index (χ1v) is 11.1. The number of hydrogen-bond acceptors (Lipinski definition) is 7. The smallest absolute Gasteiger partial charge is 0.223 e. The molecule has 8 heteroatoms. The van der Waals surface area contributed by atoms with Crippen molar-refractivity contribution in [3.05, 3.63) is 57.9 Å². The Hall–Kier alpha value is -3.00. The van der Waals surface area contributed by atoms with E-state index in [-0.39, 0.29) is 5.91 Å². The van der Waals surface area contributed by atoms with Gasteiger partial charge in [-0.1, -0.05) is 6.07 Å². The predicted octanol–water partition coefficient (Wildman–Crippen LogP) is 3.57. The number of piperazine rings is 1. The van der Waals surface area contributed by atoms with Crippen LogP contribution in [0.25, 0.3) is 0 Å². The quantitative estimate of drug-likeness (QED) is 0.655. The molecule has 1 N–H and O–H groups in total. The van der Waals surface area contributed by atoms with Crippen LogP contribution in [0.1, 0.15) is 22.6 Å². The van der Waals surface area contributed by atoms with E-state index in [0.29, 0.717) is 12.2 Å².